The molecule has 2 atom stereocenters. The molecule has 5 heteroatoms. The monoisotopic (exact) mass is 298 g/mol. The minimum Gasteiger partial charge on any atom is -0.389 e. The van der Waals surface area contributed by atoms with Crippen LogP contribution in [0.1, 0.15) is 44.6 Å². The quantitative estimate of drug-likeness (QED) is 0.826. The minimum atomic E-state index is -0.633. The smallest absolute Gasteiger partial charge is 0.150 e. The van der Waals surface area contributed by atoms with Gasteiger partial charge in [-0.15, -0.1) is 0 Å². The second kappa shape index (κ2) is 6.48. The first-order valence-electron chi connectivity index (χ1n) is 7.06. The molecule has 0 spiro atoms. The van der Waals surface area contributed by atoms with Gasteiger partial charge in [0.25, 0.3) is 0 Å². The summed E-state index contributed by atoms with van der Waals surface area (Å²) in [6, 6.07) is 2.51. The van der Waals surface area contributed by atoms with E-state index in [1.165, 1.54) is 18.6 Å². The van der Waals surface area contributed by atoms with Gasteiger partial charge in [0, 0.05) is 11.6 Å². The Hall–Kier alpha value is -1.23. The molecule has 1 saturated carbocycles. The Bertz CT molecular complexity index is 482. The molecule has 1 aliphatic rings. The van der Waals surface area contributed by atoms with Crippen molar-refractivity contribution in [3.63, 3.8) is 0 Å². The van der Waals surface area contributed by atoms with E-state index in [1.807, 2.05) is 0 Å². The van der Waals surface area contributed by atoms with Gasteiger partial charge >= 0.3 is 0 Å². The molecule has 2 nitrogen and oxygen atoms in total. The molecule has 20 heavy (non-hydrogen) atoms. The summed E-state index contributed by atoms with van der Waals surface area (Å²) in [6.45, 7) is 2.16. The molecule has 0 saturated heterocycles. The number of rotatable bonds is 4. The van der Waals surface area contributed by atoms with E-state index in [0.717, 1.165) is 25.7 Å². The molecule has 3 N–H and O–H groups in total. The summed E-state index contributed by atoms with van der Waals surface area (Å²) < 4.78 is 28.0. The predicted octanol–water partition coefficient (Wildman–Crippen LogP) is 3.98. The second-order valence-corrected chi connectivity index (χ2v) is 5.90. The van der Waals surface area contributed by atoms with Gasteiger partial charge in [0.2, 0.25) is 0 Å². The lowest BCUT2D eigenvalue weighted by Gasteiger charge is -2.30. The summed E-state index contributed by atoms with van der Waals surface area (Å²) in [7, 11) is 0. The zero-order valence-electron chi connectivity index (χ0n) is 11.6. The van der Waals surface area contributed by atoms with Crippen LogP contribution in [0.15, 0.2) is 12.1 Å². The lowest BCUT2D eigenvalue weighted by Crippen LogP contribution is -2.28. The van der Waals surface area contributed by atoms with E-state index >= 15 is 0 Å². The van der Waals surface area contributed by atoms with Crippen molar-refractivity contribution in [1.29, 1.82) is 0 Å². The van der Waals surface area contributed by atoms with Crippen molar-refractivity contribution in [1.82, 2.24) is 0 Å². The van der Waals surface area contributed by atoms with Crippen LogP contribution in [0.2, 0.25) is 0 Å². The van der Waals surface area contributed by atoms with Gasteiger partial charge in [0.15, 0.2) is 0 Å². The van der Waals surface area contributed by atoms with Crippen LogP contribution in [0, 0.1) is 17.6 Å². The van der Waals surface area contributed by atoms with Crippen LogP contribution in [0.3, 0.4) is 0 Å². The Morgan fingerprint density at radius 1 is 1.35 bits per heavy atom. The molecule has 1 aromatic carbocycles. The van der Waals surface area contributed by atoms with Crippen molar-refractivity contribution in [3.8, 4) is 0 Å². The summed E-state index contributed by atoms with van der Waals surface area (Å²) in [4.78, 5) is -0.00179. The SMILES string of the molecule is CCC1CCCC(Nc2c(F)cc(C(N)=S)cc2F)C1. The maximum Gasteiger partial charge on any atom is 0.150 e. The number of nitrogens with two attached hydrogens (primary N) is 1. The highest BCUT2D eigenvalue weighted by molar-refractivity contribution is 7.80. The van der Waals surface area contributed by atoms with Crippen LogP contribution >= 0.6 is 12.2 Å². The summed E-state index contributed by atoms with van der Waals surface area (Å²) in [6.07, 6.45) is 5.34. The van der Waals surface area contributed by atoms with Gasteiger partial charge in [-0.2, -0.15) is 0 Å². The fraction of sp³-hybridized carbons (Fsp3) is 0.533. The molecule has 110 valence electrons. The topological polar surface area (TPSA) is 38.0 Å². The Labute approximate surface area is 123 Å². The number of halogens is 2. The maximum absolute atomic E-state index is 14.0. The Kier molecular flexibility index (Phi) is 4.91. The average Bonchev–Trinajstić information content (AvgIpc) is 2.42. The zero-order valence-corrected chi connectivity index (χ0v) is 12.4. The molecule has 1 aliphatic carbocycles. The highest BCUT2D eigenvalue weighted by atomic mass is 32.1. The molecule has 0 bridgehead atoms. The molecule has 0 aromatic heterocycles. The van der Waals surface area contributed by atoms with E-state index in [0.29, 0.717) is 5.92 Å². The van der Waals surface area contributed by atoms with Crippen LogP contribution < -0.4 is 11.1 Å². The summed E-state index contributed by atoms with van der Waals surface area (Å²) in [5.41, 5.74) is 5.55. The van der Waals surface area contributed by atoms with Crippen LogP contribution in [0.5, 0.6) is 0 Å². The molecule has 1 fully saturated rings. The lowest BCUT2D eigenvalue weighted by molar-refractivity contribution is 0.326. The van der Waals surface area contributed by atoms with Crippen LogP contribution in [-0.2, 0) is 0 Å². The number of benzene rings is 1. The van der Waals surface area contributed by atoms with E-state index in [-0.39, 0.29) is 22.3 Å². The molecule has 0 aliphatic heterocycles. The van der Waals surface area contributed by atoms with Gasteiger partial charge in [-0.1, -0.05) is 38.4 Å². The molecule has 0 heterocycles. The van der Waals surface area contributed by atoms with Crippen molar-refractivity contribution < 1.29 is 8.78 Å². The molecular formula is C15H20F2N2S. The zero-order chi connectivity index (χ0) is 14.7. The normalized spacial score (nSPS) is 22.6. The van der Waals surface area contributed by atoms with Crippen LogP contribution in [0.4, 0.5) is 14.5 Å². The van der Waals surface area contributed by atoms with Gasteiger partial charge in [-0.3, -0.25) is 0 Å². The molecule has 0 radical (unpaired) electrons. The van der Waals surface area contributed by atoms with Gasteiger partial charge < -0.3 is 11.1 Å². The Morgan fingerprint density at radius 3 is 2.55 bits per heavy atom. The van der Waals surface area contributed by atoms with Crippen molar-refractivity contribution in [2.75, 3.05) is 5.32 Å². The third kappa shape index (κ3) is 3.45. The molecule has 2 unspecified atom stereocenters. The predicted molar refractivity (Wildman–Crippen MR) is 81.9 cm³/mol. The van der Waals surface area contributed by atoms with Gasteiger partial charge in [0.1, 0.15) is 22.3 Å². The molecule has 0 amide bonds. The van der Waals surface area contributed by atoms with E-state index < -0.39 is 11.6 Å². The first-order valence-corrected chi connectivity index (χ1v) is 7.47. The molecular weight excluding hydrogens is 278 g/mol. The summed E-state index contributed by atoms with van der Waals surface area (Å²) in [5, 5.41) is 3.01. The van der Waals surface area contributed by atoms with Gasteiger partial charge in [-0.05, 0) is 30.9 Å². The fourth-order valence-corrected chi connectivity index (χ4v) is 2.97. The van der Waals surface area contributed by atoms with Crippen molar-refractivity contribution >= 4 is 22.9 Å². The van der Waals surface area contributed by atoms with Gasteiger partial charge in [-0.25, -0.2) is 8.78 Å². The summed E-state index contributed by atoms with van der Waals surface area (Å²) in [5.74, 6) is -0.624. The number of anilines is 1. The number of thiocarbonyl (C=S) groups is 1. The van der Waals surface area contributed by atoms with Crippen LogP contribution in [0.25, 0.3) is 0 Å². The number of nitrogens with one attached hydrogen (secondary N) is 1. The lowest BCUT2D eigenvalue weighted by atomic mass is 9.84. The fourth-order valence-electron chi connectivity index (χ4n) is 2.85. The third-order valence-corrected chi connectivity index (χ3v) is 4.27. The van der Waals surface area contributed by atoms with Crippen molar-refractivity contribution in [2.24, 2.45) is 11.7 Å². The minimum absolute atomic E-state index is 0.00179. The van der Waals surface area contributed by atoms with Gasteiger partial charge in [0.05, 0.1) is 0 Å². The molecule has 1 aromatic rings. The average molecular weight is 298 g/mol. The third-order valence-electron chi connectivity index (χ3n) is 4.04. The first kappa shape index (κ1) is 15.2. The highest BCUT2D eigenvalue weighted by Crippen LogP contribution is 2.30. The molecule has 2 rings (SSSR count). The number of hydrogen-bond acceptors (Lipinski definition) is 2. The highest BCUT2D eigenvalue weighted by Gasteiger charge is 2.23. The summed E-state index contributed by atoms with van der Waals surface area (Å²) >= 11 is 4.74. The van der Waals surface area contributed by atoms with E-state index in [4.69, 9.17) is 18.0 Å². The Balaban J connectivity index is 2.15. The van der Waals surface area contributed by atoms with Crippen molar-refractivity contribution in [2.45, 2.75) is 45.1 Å². The second-order valence-electron chi connectivity index (χ2n) is 5.46. The number of hydrogen-bond donors (Lipinski definition) is 2. The maximum atomic E-state index is 14.0. The van der Waals surface area contributed by atoms with Crippen LogP contribution in [-0.4, -0.2) is 11.0 Å². The van der Waals surface area contributed by atoms with Crippen molar-refractivity contribution in [3.05, 3.63) is 29.3 Å². The first-order chi connectivity index (χ1) is 9.51. The van der Waals surface area contributed by atoms with E-state index in [2.05, 4.69) is 12.2 Å². The largest absolute Gasteiger partial charge is 0.389 e. The van der Waals surface area contributed by atoms with E-state index in [1.54, 1.807) is 0 Å². The van der Waals surface area contributed by atoms with E-state index in [9.17, 15) is 8.78 Å². The standard InChI is InChI=1S/C15H20F2N2S/c1-2-9-4-3-5-11(6-9)19-14-12(16)7-10(15(18)20)8-13(14)17/h7-9,11,19H,2-6H2,1H3,(H2,18,20). The Morgan fingerprint density at radius 2 is 2.00 bits per heavy atom.